The number of ether oxygens (including phenoxy) is 1. The number of benzene rings is 2. The van der Waals surface area contributed by atoms with Crippen molar-refractivity contribution in [2.45, 2.75) is 51.3 Å². The molecule has 3 amide bonds. The van der Waals surface area contributed by atoms with Crippen molar-refractivity contribution in [3.05, 3.63) is 47.5 Å². The summed E-state index contributed by atoms with van der Waals surface area (Å²) in [4.78, 5) is 51.2. The summed E-state index contributed by atoms with van der Waals surface area (Å²) in [5.41, 5.74) is 1.05. The van der Waals surface area contributed by atoms with Gasteiger partial charge in [0.15, 0.2) is 0 Å². The molecule has 5 N–H and O–H groups in total. The normalized spacial score (nSPS) is 18.8. The predicted molar refractivity (Wildman–Crippen MR) is 133 cm³/mol. The van der Waals surface area contributed by atoms with Gasteiger partial charge >= 0.3 is 12.1 Å². The van der Waals surface area contributed by atoms with Gasteiger partial charge in [0.25, 0.3) is 0 Å². The number of fused-ring (bicyclic) bond motifs is 5. The minimum Gasteiger partial charge on any atom is -0.508 e. The number of aliphatic carboxylic acids is 1. The molecule has 4 bridgehead atoms. The molecule has 3 rings (SSSR count). The standard InChI is InChI=1S/C26H31N3O8/c1-26(2,3)37-25(36)28-18-11-16-9-14(5-7-20(16)30)15-6-8-21(31)17(10-15)12-19(24(34)35)29(4)22(32)13-27-23(18)33/h5-10,18-19,30-31H,11-13H2,1-4H3,(H,27,33)(H,28,36)(H,34,35). The summed E-state index contributed by atoms with van der Waals surface area (Å²) in [6.45, 7) is 4.46. The molecule has 2 aromatic carbocycles. The first kappa shape index (κ1) is 27.3. The molecule has 0 radical (unpaired) electrons. The van der Waals surface area contributed by atoms with Gasteiger partial charge in [-0.25, -0.2) is 9.59 Å². The van der Waals surface area contributed by atoms with Crippen LogP contribution in [0.4, 0.5) is 4.79 Å². The van der Waals surface area contributed by atoms with Gasteiger partial charge < -0.3 is 35.6 Å². The highest BCUT2D eigenvalue weighted by Crippen LogP contribution is 2.31. The summed E-state index contributed by atoms with van der Waals surface area (Å²) in [6, 6.07) is 6.83. The van der Waals surface area contributed by atoms with Crippen molar-refractivity contribution in [2.24, 2.45) is 0 Å². The zero-order chi connectivity index (χ0) is 27.5. The van der Waals surface area contributed by atoms with Crippen LogP contribution in [-0.2, 0) is 32.0 Å². The number of phenols is 2. The lowest BCUT2D eigenvalue weighted by Gasteiger charge is -2.26. The van der Waals surface area contributed by atoms with Gasteiger partial charge in [-0.2, -0.15) is 0 Å². The first-order chi connectivity index (χ1) is 17.2. The second-order valence-electron chi connectivity index (χ2n) is 9.87. The van der Waals surface area contributed by atoms with Crippen LogP contribution in [0.1, 0.15) is 31.9 Å². The number of phenolic OH excluding ortho intramolecular Hbond substituents is 2. The molecule has 11 nitrogen and oxygen atoms in total. The highest BCUT2D eigenvalue weighted by Gasteiger charge is 2.30. The van der Waals surface area contributed by atoms with Crippen LogP contribution in [0.2, 0.25) is 0 Å². The van der Waals surface area contributed by atoms with E-state index in [9.17, 15) is 34.5 Å². The summed E-state index contributed by atoms with van der Waals surface area (Å²) in [5, 5.41) is 35.6. The van der Waals surface area contributed by atoms with Crippen LogP contribution in [0.3, 0.4) is 0 Å². The number of hydrogen-bond acceptors (Lipinski definition) is 7. The molecule has 1 heterocycles. The van der Waals surface area contributed by atoms with E-state index in [-0.39, 0.29) is 24.3 Å². The monoisotopic (exact) mass is 513 g/mol. The van der Waals surface area contributed by atoms with E-state index in [1.807, 2.05) is 0 Å². The Balaban J connectivity index is 2.08. The fourth-order valence-corrected chi connectivity index (χ4v) is 3.92. The number of aromatic hydroxyl groups is 2. The Morgan fingerprint density at radius 2 is 1.54 bits per heavy atom. The highest BCUT2D eigenvalue weighted by molar-refractivity contribution is 5.91. The Labute approximate surface area is 214 Å². The van der Waals surface area contributed by atoms with E-state index in [0.717, 1.165) is 4.90 Å². The molecule has 0 spiro atoms. The van der Waals surface area contributed by atoms with Crippen LogP contribution in [0.25, 0.3) is 11.1 Å². The fourth-order valence-electron chi connectivity index (χ4n) is 3.92. The van der Waals surface area contributed by atoms with Crippen molar-refractivity contribution in [1.29, 1.82) is 0 Å². The number of carbonyl (C=O) groups excluding carboxylic acids is 3. The van der Waals surface area contributed by atoms with Gasteiger partial charge in [-0.3, -0.25) is 9.59 Å². The predicted octanol–water partition coefficient (Wildman–Crippen LogP) is 1.78. The zero-order valence-corrected chi connectivity index (χ0v) is 21.1. The molecular weight excluding hydrogens is 482 g/mol. The minimum absolute atomic E-state index is 0.113. The molecule has 0 aromatic heterocycles. The van der Waals surface area contributed by atoms with E-state index in [2.05, 4.69) is 10.6 Å². The van der Waals surface area contributed by atoms with Crippen molar-refractivity contribution >= 4 is 23.9 Å². The summed E-state index contributed by atoms with van der Waals surface area (Å²) < 4.78 is 5.26. The SMILES string of the molecule is CN1C(=O)CNC(=O)C(NC(=O)OC(C)(C)C)Cc2cc(ccc2O)-c2ccc(O)c(c2)CC1C(=O)O. The topological polar surface area (TPSA) is 166 Å². The lowest BCUT2D eigenvalue weighted by Crippen LogP contribution is -2.52. The highest BCUT2D eigenvalue weighted by atomic mass is 16.6. The molecule has 1 aliphatic heterocycles. The molecule has 0 fully saturated rings. The number of rotatable bonds is 2. The fraction of sp³-hybridized carbons (Fsp3) is 0.385. The lowest BCUT2D eigenvalue weighted by molar-refractivity contribution is -0.148. The molecule has 0 saturated heterocycles. The molecular formula is C26H31N3O8. The van der Waals surface area contributed by atoms with Gasteiger partial charge in [0, 0.05) is 19.9 Å². The smallest absolute Gasteiger partial charge is 0.408 e. The van der Waals surface area contributed by atoms with Crippen LogP contribution in [0.5, 0.6) is 11.5 Å². The number of likely N-dealkylation sites (N-methyl/N-ethyl adjacent to an activating group) is 1. The van der Waals surface area contributed by atoms with Gasteiger partial charge in [-0.05, 0) is 67.3 Å². The summed E-state index contributed by atoms with van der Waals surface area (Å²) >= 11 is 0. The summed E-state index contributed by atoms with van der Waals surface area (Å²) in [5.74, 6) is -2.94. The average molecular weight is 514 g/mol. The van der Waals surface area contributed by atoms with E-state index in [0.29, 0.717) is 22.3 Å². The molecule has 0 saturated carbocycles. The second-order valence-corrected chi connectivity index (χ2v) is 9.87. The Hall–Kier alpha value is -4.28. The van der Waals surface area contributed by atoms with E-state index in [1.165, 1.54) is 19.2 Å². The van der Waals surface area contributed by atoms with E-state index < -0.39 is 48.1 Å². The summed E-state index contributed by atoms with van der Waals surface area (Å²) in [7, 11) is 1.30. The van der Waals surface area contributed by atoms with Crippen LogP contribution in [0.15, 0.2) is 36.4 Å². The molecule has 0 aliphatic carbocycles. The van der Waals surface area contributed by atoms with Gasteiger partial charge in [-0.1, -0.05) is 12.1 Å². The number of carboxylic acids is 1. The van der Waals surface area contributed by atoms with Crippen molar-refractivity contribution in [2.75, 3.05) is 13.6 Å². The number of carbonyl (C=O) groups is 4. The van der Waals surface area contributed by atoms with Crippen LogP contribution >= 0.6 is 0 Å². The lowest BCUT2D eigenvalue weighted by atomic mass is 9.95. The van der Waals surface area contributed by atoms with Crippen LogP contribution in [-0.4, -0.2) is 75.4 Å². The Kier molecular flexibility index (Phi) is 7.95. The molecule has 1 aliphatic rings. The van der Waals surface area contributed by atoms with Crippen LogP contribution < -0.4 is 10.6 Å². The Morgan fingerprint density at radius 3 is 2.05 bits per heavy atom. The van der Waals surface area contributed by atoms with Gasteiger partial charge in [0.05, 0.1) is 6.54 Å². The zero-order valence-electron chi connectivity index (χ0n) is 21.1. The molecule has 2 aromatic rings. The number of amides is 3. The van der Waals surface area contributed by atoms with Crippen molar-refractivity contribution in [3.8, 4) is 22.6 Å². The number of carboxylic acid groups (broad SMARTS) is 1. The maximum atomic E-state index is 13.0. The first-order valence-electron chi connectivity index (χ1n) is 11.6. The van der Waals surface area contributed by atoms with Gasteiger partial charge in [0.1, 0.15) is 29.2 Å². The average Bonchev–Trinajstić information content (AvgIpc) is 2.80. The maximum absolute atomic E-state index is 13.0. The van der Waals surface area contributed by atoms with Gasteiger partial charge in [0.2, 0.25) is 11.8 Å². The second kappa shape index (κ2) is 10.8. The number of alkyl carbamates (subject to hydrolysis) is 1. The van der Waals surface area contributed by atoms with Crippen molar-refractivity contribution in [1.82, 2.24) is 15.5 Å². The van der Waals surface area contributed by atoms with Crippen molar-refractivity contribution in [3.63, 3.8) is 0 Å². The Morgan fingerprint density at radius 1 is 1.00 bits per heavy atom. The maximum Gasteiger partial charge on any atom is 0.408 e. The quantitative estimate of drug-likeness (QED) is 0.405. The first-order valence-corrected chi connectivity index (χ1v) is 11.6. The molecule has 11 heteroatoms. The molecule has 2 atom stereocenters. The Bertz CT molecular complexity index is 1220. The minimum atomic E-state index is -1.32. The number of hydrogen-bond donors (Lipinski definition) is 5. The van der Waals surface area contributed by atoms with Crippen LogP contribution in [0, 0.1) is 0 Å². The van der Waals surface area contributed by atoms with E-state index in [1.54, 1.807) is 45.0 Å². The van der Waals surface area contributed by atoms with Crippen molar-refractivity contribution < 1.29 is 39.2 Å². The third-order valence-corrected chi connectivity index (χ3v) is 5.90. The summed E-state index contributed by atoms with van der Waals surface area (Å²) in [6.07, 6.45) is -1.17. The number of nitrogens with one attached hydrogen (secondary N) is 2. The van der Waals surface area contributed by atoms with E-state index >= 15 is 0 Å². The molecule has 2 unspecified atom stereocenters. The van der Waals surface area contributed by atoms with E-state index in [4.69, 9.17) is 4.74 Å². The largest absolute Gasteiger partial charge is 0.508 e. The third-order valence-electron chi connectivity index (χ3n) is 5.90. The van der Waals surface area contributed by atoms with Gasteiger partial charge in [-0.15, -0.1) is 0 Å². The third kappa shape index (κ3) is 6.90. The number of nitrogens with zero attached hydrogens (tertiary/aromatic N) is 1. The molecule has 198 valence electrons. The molecule has 37 heavy (non-hydrogen) atoms.